The van der Waals surface area contributed by atoms with E-state index in [1.807, 2.05) is 0 Å². The smallest absolute Gasteiger partial charge is 0.328 e. The minimum Gasteiger partial charge on any atom is -0.447 e. The summed E-state index contributed by atoms with van der Waals surface area (Å²) in [5.74, 6) is -1.99. The average Bonchev–Trinajstić information content (AvgIpc) is 3.27. The molecule has 0 unspecified atom stereocenters. The van der Waals surface area contributed by atoms with E-state index in [4.69, 9.17) is 4.42 Å². The van der Waals surface area contributed by atoms with Gasteiger partial charge in [-0.15, -0.1) is 0 Å². The molecule has 9 nitrogen and oxygen atoms in total. The highest BCUT2D eigenvalue weighted by Gasteiger charge is 2.34. The molecule has 1 aromatic heterocycles. The number of nitrogens with one attached hydrogen (secondary N) is 2. The van der Waals surface area contributed by atoms with E-state index in [2.05, 4.69) is 10.6 Å². The van der Waals surface area contributed by atoms with Crippen molar-refractivity contribution in [1.29, 1.82) is 0 Å². The van der Waals surface area contributed by atoms with E-state index in [0.29, 0.717) is 11.3 Å². The summed E-state index contributed by atoms with van der Waals surface area (Å²) in [4.78, 5) is 62.9. The van der Waals surface area contributed by atoms with Gasteiger partial charge in [0, 0.05) is 42.4 Å². The Morgan fingerprint density at radius 2 is 1.70 bits per heavy atom. The Kier molecular flexibility index (Phi) is 4.86. The Morgan fingerprint density at radius 1 is 0.939 bits per heavy atom. The van der Waals surface area contributed by atoms with Gasteiger partial charge in [-0.1, -0.05) is 36.4 Å². The first kappa shape index (κ1) is 20.4. The Labute approximate surface area is 187 Å². The summed E-state index contributed by atoms with van der Waals surface area (Å²) in [5.41, 5.74) is 1.90. The van der Waals surface area contributed by atoms with Crippen molar-refractivity contribution in [3.05, 3.63) is 88.4 Å². The number of hydrogen-bond acceptors (Lipinski definition) is 6. The molecule has 0 radical (unpaired) electrons. The van der Waals surface area contributed by atoms with Crippen molar-refractivity contribution in [2.24, 2.45) is 0 Å². The second-order valence-electron chi connectivity index (χ2n) is 7.66. The zero-order valence-corrected chi connectivity index (χ0v) is 17.2. The quantitative estimate of drug-likeness (QED) is 0.499. The lowest BCUT2D eigenvalue weighted by Gasteiger charge is -2.26. The normalized spacial score (nSPS) is 15.1. The summed E-state index contributed by atoms with van der Waals surface area (Å²) >= 11 is 0. The molecule has 2 aliphatic rings. The molecular weight excluding hydrogens is 426 g/mol. The van der Waals surface area contributed by atoms with Crippen molar-refractivity contribution < 1.29 is 28.4 Å². The Bertz CT molecular complexity index is 1300. The zero-order valence-electron chi connectivity index (χ0n) is 17.2. The molecule has 0 bridgehead atoms. The van der Waals surface area contributed by atoms with Crippen LogP contribution in [-0.4, -0.2) is 36.0 Å². The first-order chi connectivity index (χ1) is 15.9. The van der Waals surface area contributed by atoms with Gasteiger partial charge in [-0.3, -0.25) is 29.4 Å². The minimum absolute atomic E-state index is 0.0662. The molecule has 0 atom stereocenters. The molecule has 2 N–H and O–H groups in total. The Hall–Kier alpha value is -4.53. The number of carbonyl (C=O) groups excluding carboxylic acids is 5. The number of imide groups is 1. The fraction of sp³-hybridized carbons (Fsp3) is 0.125. The van der Waals surface area contributed by atoms with Crippen LogP contribution >= 0.6 is 0 Å². The fourth-order valence-corrected chi connectivity index (χ4v) is 3.90. The molecule has 1 saturated heterocycles. The van der Waals surface area contributed by atoms with Crippen LogP contribution in [0.4, 0.5) is 10.5 Å². The number of benzene rings is 2. The molecule has 0 spiro atoms. The number of carbonyl (C=O) groups is 5. The van der Waals surface area contributed by atoms with Crippen LogP contribution in [0.1, 0.15) is 54.6 Å². The number of rotatable bonds is 4. The maximum Gasteiger partial charge on any atom is 0.328 e. The topological polar surface area (TPSA) is 126 Å². The predicted molar refractivity (Wildman–Crippen MR) is 115 cm³/mol. The Balaban J connectivity index is 1.31. The Morgan fingerprint density at radius 3 is 2.45 bits per heavy atom. The molecule has 4 amide bonds. The fourth-order valence-electron chi connectivity index (χ4n) is 3.90. The largest absolute Gasteiger partial charge is 0.447 e. The van der Waals surface area contributed by atoms with Gasteiger partial charge in [0.2, 0.25) is 11.7 Å². The lowest BCUT2D eigenvalue weighted by atomic mass is 9.89. The van der Waals surface area contributed by atoms with Gasteiger partial charge in [0.15, 0.2) is 17.3 Å². The van der Waals surface area contributed by atoms with Gasteiger partial charge in [0.1, 0.15) is 0 Å². The first-order valence-electron chi connectivity index (χ1n) is 10.2. The molecule has 1 aliphatic carbocycles. The summed E-state index contributed by atoms with van der Waals surface area (Å²) in [5, 5.41) is 4.96. The number of ketones is 2. The van der Waals surface area contributed by atoms with Crippen LogP contribution in [0.15, 0.2) is 59.0 Å². The highest BCUT2D eigenvalue weighted by molar-refractivity contribution is 6.27. The number of fused-ring (bicyclic) bond motifs is 2. The number of hydrogen-bond donors (Lipinski definition) is 2. The van der Waals surface area contributed by atoms with Crippen molar-refractivity contribution in [3.8, 4) is 0 Å². The van der Waals surface area contributed by atoms with E-state index in [9.17, 15) is 24.0 Å². The van der Waals surface area contributed by atoms with Crippen LogP contribution in [0.5, 0.6) is 0 Å². The van der Waals surface area contributed by atoms with Gasteiger partial charge in [-0.05, 0) is 17.7 Å². The van der Waals surface area contributed by atoms with E-state index >= 15 is 0 Å². The van der Waals surface area contributed by atoms with Crippen LogP contribution in [0.25, 0.3) is 0 Å². The lowest BCUT2D eigenvalue weighted by molar-refractivity contribution is -0.120. The monoisotopic (exact) mass is 443 g/mol. The average molecular weight is 443 g/mol. The number of furan rings is 1. The molecule has 9 heteroatoms. The standard InChI is InChI=1S/C24H17N3O6/c28-19-8-9-27(24(32)26-19)14-5-3-4-13(10-14)12-25-23(31)18-11-17-20(29)15-6-1-2-7-16(15)21(30)22(17)33-18/h1-7,10-11H,8-9,12H2,(H,25,31)(H,26,28,32). The first-order valence-corrected chi connectivity index (χ1v) is 10.2. The van der Waals surface area contributed by atoms with Gasteiger partial charge < -0.3 is 9.73 Å². The second kappa shape index (κ2) is 7.86. The molecule has 5 rings (SSSR count). The van der Waals surface area contributed by atoms with E-state index in [1.165, 1.54) is 11.0 Å². The molecule has 33 heavy (non-hydrogen) atoms. The van der Waals surface area contributed by atoms with Gasteiger partial charge >= 0.3 is 6.03 Å². The summed E-state index contributed by atoms with van der Waals surface area (Å²) in [6.45, 7) is 0.386. The van der Waals surface area contributed by atoms with E-state index in [0.717, 1.165) is 0 Å². The third kappa shape index (κ3) is 3.59. The van der Waals surface area contributed by atoms with Crippen molar-refractivity contribution in [3.63, 3.8) is 0 Å². The zero-order chi connectivity index (χ0) is 23.1. The summed E-state index contributed by atoms with van der Waals surface area (Å²) in [6.07, 6.45) is 0.206. The van der Waals surface area contributed by atoms with E-state index in [1.54, 1.807) is 48.5 Å². The van der Waals surface area contributed by atoms with Gasteiger partial charge in [-0.25, -0.2) is 4.79 Å². The van der Waals surface area contributed by atoms with Crippen molar-refractivity contribution in [2.75, 3.05) is 11.4 Å². The molecule has 0 saturated carbocycles. The SMILES string of the molecule is O=C1CCN(c2cccc(CNC(=O)c3cc4c(o3)C(=O)c3ccccc3C4=O)c2)C(=O)N1. The predicted octanol–water partition coefficient (Wildman–Crippen LogP) is 2.43. The van der Waals surface area contributed by atoms with Crippen LogP contribution in [0.2, 0.25) is 0 Å². The van der Waals surface area contributed by atoms with Gasteiger partial charge in [0.25, 0.3) is 5.91 Å². The maximum absolute atomic E-state index is 12.7. The number of nitrogens with zero attached hydrogens (tertiary/aromatic N) is 1. The van der Waals surface area contributed by atoms with E-state index < -0.39 is 17.7 Å². The minimum atomic E-state index is -0.583. The number of amides is 4. The lowest BCUT2D eigenvalue weighted by Crippen LogP contribution is -2.49. The molecule has 3 aromatic rings. The molecular formula is C24H17N3O6. The van der Waals surface area contributed by atoms with Crippen molar-refractivity contribution in [1.82, 2.24) is 10.6 Å². The van der Waals surface area contributed by atoms with Gasteiger partial charge in [-0.2, -0.15) is 0 Å². The maximum atomic E-state index is 12.7. The molecule has 1 aliphatic heterocycles. The number of anilines is 1. The summed E-state index contributed by atoms with van der Waals surface area (Å²) in [7, 11) is 0. The van der Waals surface area contributed by atoms with Crippen molar-refractivity contribution >= 4 is 35.1 Å². The molecule has 2 heterocycles. The number of urea groups is 1. The molecule has 2 aromatic carbocycles. The summed E-state index contributed by atoms with van der Waals surface area (Å²) in [6, 6.07) is 14.2. The highest BCUT2D eigenvalue weighted by Crippen LogP contribution is 2.29. The van der Waals surface area contributed by atoms with Crippen LogP contribution in [-0.2, 0) is 11.3 Å². The highest BCUT2D eigenvalue weighted by atomic mass is 16.4. The van der Waals surface area contributed by atoms with Gasteiger partial charge in [0.05, 0.1) is 5.56 Å². The molecule has 1 fully saturated rings. The van der Waals surface area contributed by atoms with E-state index in [-0.39, 0.29) is 59.4 Å². The third-order valence-electron chi connectivity index (χ3n) is 5.55. The van der Waals surface area contributed by atoms with Crippen LogP contribution in [0, 0.1) is 0 Å². The van der Waals surface area contributed by atoms with Crippen LogP contribution in [0.3, 0.4) is 0 Å². The van der Waals surface area contributed by atoms with Crippen molar-refractivity contribution in [2.45, 2.75) is 13.0 Å². The van der Waals surface area contributed by atoms with Crippen LogP contribution < -0.4 is 15.5 Å². The molecule has 164 valence electrons. The third-order valence-corrected chi connectivity index (χ3v) is 5.55. The summed E-state index contributed by atoms with van der Waals surface area (Å²) < 4.78 is 5.46. The second-order valence-corrected chi connectivity index (χ2v) is 7.66.